The molecule has 1 N–H and O–H groups in total. The smallest absolute Gasteiger partial charge is 0.260 e. The van der Waals surface area contributed by atoms with E-state index in [-0.39, 0.29) is 12.0 Å². The zero-order chi connectivity index (χ0) is 20.9. The molecule has 7 heteroatoms. The summed E-state index contributed by atoms with van der Waals surface area (Å²) in [5, 5.41) is 4.25. The first-order chi connectivity index (χ1) is 13.0. The van der Waals surface area contributed by atoms with Gasteiger partial charge in [0.05, 0.1) is 11.9 Å². The fourth-order valence-electron chi connectivity index (χ4n) is 3.53. The minimum absolute atomic E-state index is 0.286. The van der Waals surface area contributed by atoms with Gasteiger partial charge in [0, 0.05) is 5.71 Å². The van der Waals surface area contributed by atoms with Crippen molar-refractivity contribution in [1.29, 1.82) is 0 Å². The van der Waals surface area contributed by atoms with Crippen LogP contribution in [0.1, 0.15) is 58.9 Å². The highest BCUT2D eigenvalue weighted by atomic mass is 32.2. The number of benzene rings is 1. The summed E-state index contributed by atoms with van der Waals surface area (Å²) in [6, 6.07) is 7.21. The molecule has 1 amide bonds. The van der Waals surface area contributed by atoms with E-state index in [1.807, 2.05) is 19.1 Å². The molecule has 1 aliphatic carbocycles. The van der Waals surface area contributed by atoms with Crippen molar-refractivity contribution in [3.8, 4) is 0 Å². The monoisotopic (exact) mass is 407 g/mol. The van der Waals surface area contributed by atoms with Gasteiger partial charge in [-0.25, -0.2) is 13.8 Å². The van der Waals surface area contributed by atoms with Crippen LogP contribution in [0.3, 0.4) is 0 Å². The Morgan fingerprint density at radius 3 is 2.21 bits per heavy atom. The summed E-state index contributed by atoms with van der Waals surface area (Å²) in [6.45, 7) is 8.52. The molecular weight excluding hydrogens is 374 g/mol. The first-order valence-corrected chi connectivity index (χ1v) is 11.8. The molecule has 0 spiro atoms. The lowest BCUT2D eigenvalue weighted by atomic mass is 9.72. The molecule has 0 saturated heterocycles. The number of nitrogens with zero attached hydrogens (tertiary/aromatic N) is 2. The highest BCUT2D eigenvalue weighted by molar-refractivity contribution is 7.92. The molecule has 28 heavy (non-hydrogen) atoms. The highest BCUT2D eigenvalue weighted by Crippen LogP contribution is 2.36. The van der Waals surface area contributed by atoms with Crippen molar-refractivity contribution in [2.45, 2.75) is 59.8 Å². The van der Waals surface area contributed by atoms with Crippen molar-refractivity contribution in [2.75, 3.05) is 17.1 Å². The van der Waals surface area contributed by atoms with Crippen molar-refractivity contribution in [2.24, 2.45) is 16.4 Å². The normalized spacial score (nSPS) is 17.9. The Morgan fingerprint density at radius 1 is 1.18 bits per heavy atom. The van der Waals surface area contributed by atoms with Crippen molar-refractivity contribution >= 4 is 27.3 Å². The van der Waals surface area contributed by atoms with Crippen LogP contribution in [0.15, 0.2) is 29.4 Å². The summed E-state index contributed by atoms with van der Waals surface area (Å²) in [7, 11) is -3.58. The van der Waals surface area contributed by atoms with Crippen LogP contribution in [-0.4, -0.2) is 32.8 Å². The standard InChI is InChI=1S/C21H33N3O3S/c1-6-16-7-13-19(14-8-16)24(28(5,26)27)15-20(25)23-22-18-11-9-17(10-12-18)21(2,3)4/h7-8,13-14,17H,6,9-12,15H2,1-5H3,(H,23,25). The van der Waals surface area contributed by atoms with Crippen molar-refractivity contribution in [3.05, 3.63) is 29.8 Å². The third-order valence-electron chi connectivity index (χ3n) is 5.45. The fraction of sp³-hybridized carbons (Fsp3) is 0.619. The van der Waals surface area contributed by atoms with E-state index in [1.54, 1.807) is 12.1 Å². The van der Waals surface area contributed by atoms with E-state index >= 15 is 0 Å². The second kappa shape index (κ2) is 9.07. The molecule has 0 radical (unpaired) electrons. The van der Waals surface area contributed by atoms with Gasteiger partial charge in [0.1, 0.15) is 6.54 Å². The molecule has 6 nitrogen and oxygen atoms in total. The van der Waals surface area contributed by atoms with Crippen LogP contribution >= 0.6 is 0 Å². The Bertz CT molecular complexity index is 798. The molecule has 156 valence electrons. The van der Waals surface area contributed by atoms with Crippen LogP contribution in [0.2, 0.25) is 0 Å². The topological polar surface area (TPSA) is 78.8 Å². The lowest BCUT2D eigenvalue weighted by Crippen LogP contribution is -2.39. The summed E-state index contributed by atoms with van der Waals surface area (Å²) in [5.41, 5.74) is 5.40. The molecule has 0 aliphatic heterocycles. The minimum Gasteiger partial charge on any atom is -0.271 e. The number of carbonyl (C=O) groups is 1. The summed E-state index contributed by atoms with van der Waals surface area (Å²) < 4.78 is 25.4. The first kappa shape index (κ1) is 22.4. The average Bonchev–Trinajstić information content (AvgIpc) is 2.63. The SMILES string of the molecule is CCc1ccc(N(CC(=O)NN=C2CCC(C(C)(C)C)CC2)S(C)(=O)=O)cc1. The van der Waals surface area contributed by atoms with Gasteiger partial charge >= 0.3 is 0 Å². The number of carbonyl (C=O) groups excluding carboxylic acids is 1. The Balaban J connectivity index is 1.99. The zero-order valence-corrected chi connectivity index (χ0v) is 18.5. The van der Waals surface area contributed by atoms with Gasteiger partial charge in [0.15, 0.2) is 0 Å². The van der Waals surface area contributed by atoms with Crippen molar-refractivity contribution < 1.29 is 13.2 Å². The van der Waals surface area contributed by atoms with Gasteiger partial charge in [-0.3, -0.25) is 9.10 Å². The average molecular weight is 408 g/mol. The molecule has 0 unspecified atom stereocenters. The Hall–Kier alpha value is -1.89. The first-order valence-electron chi connectivity index (χ1n) is 9.91. The van der Waals surface area contributed by atoms with Gasteiger partial charge in [-0.1, -0.05) is 39.8 Å². The zero-order valence-electron chi connectivity index (χ0n) is 17.7. The van der Waals surface area contributed by atoms with E-state index in [1.165, 1.54) is 0 Å². The van der Waals surface area contributed by atoms with Crippen LogP contribution in [0.25, 0.3) is 0 Å². The Kier molecular flexibility index (Phi) is 7.26. The third-order valence-corrected chi connectivity index (χ3v) is 6.59. The van der Waals surface area contributed by atoms with E-state index < -0.39 is 15.9 Å². The lowest BCUT2D eigenvalue weighted by Gasteiger charge is -2.34. The minimum atomic E-state index is -3.58. The second-order valence-corrected chi connectivity index (χ2v) is 10.5. The third kappa shape index (κ3) is 6.33. The number of amides is 1. The quantitative estimate of drug-likeness (QED) is 0.730. The summed E-state index contributed by atoms with van der Waals surface area (Å²) in [5.74, 6) is 0.226. The van der Waals surface area contributed by atoms with Crippen LogP contribution < -0.4 is 9.73 Å². The fourth-order valence-corrected chi connectivity index (χ4v) is 4.39. The predicted octanol–water partition coefficient (Wildman–Crippen LogP) is 3.72. The van der Waals surface area contributed by atoms with Gasteiger partial charge in [0.25, 0.3) is 5.91 Å². The predicted molar refractivity (Wildman–Crippen MR) is 115 cm³/mol. The molecule has 1 aromatic carbocycles. The molecule has 1 aromatic rings. The maximum absolute atomic E-state index is 12.3. The van der Waals surface area contributed by atoms with Gasteiger partial charge < -0.3 is 0 Å². The maximum atomic E-state index is 12.3. The number of rotatable bonds is 6. The van der Waals surface area contributed by atoms with E-state index in [0.29, 0.717) is 11.6 Å². The number of aryl methyl sites for hydroxylation is 1. The molecule has 1 aliphatic rings. The largest absolute Gasteiger partial charge is 0.271 e. The Morgan fingerprint density at radius 2 is 1.75 bits per heavy atom. The van der Waals surface area contributed by atoms with Crippen LogP contribution in [0, 0.1) is 11.3 Å². The maximum Gasteiger partial charge on any atom is 0.260 e. The van der Waals surface area contributed by atoms with E-state index in [0.717, 1.165) is 53.9 Å². The molecule has 0 heterocycles. The molecule has 1 fully saturated rings. The summed E-state index contributed by atoms with van der Waals surface area (Å²) >= 11 is 0. The van der Waals surface area contributed by atoms with Crippen molar-refractivity contribution in [3.63, 3.8) is 0 Å². The van der Waals surface area contributed by atoms with E-state index in [4.69, 9.17) is 0 Å². The van der Waals surface area contributed by atoms with Crippen molar-refractivity contribution in [1.82, 2.24) is 5.43 Å². The van der Waals surface area contributed by atoms with Gasteiger partial charge in [0.2, 0.25) is 10.0 Å². The molecule has 0 bridgehead atoms. The molecule has 1 saturated carbocycles. The number of anilines is 1. The highest BCUT2D eigenvalue weighted by Gasteiger charge is 2.28. The second-order valence-electron chi connectivity index (χ2n) is 8.64. The lowest BCUT2D eigenvalue weighted by molar-refractivity contribution is -0.119. The van der Waals surface area contributed by atoms with Crippen LogP contribution in [0.4, 0.5) is 5.69 Å². The Labute approximate surface area is 169 Å². The number of sulfonamides is 1. The van der Waals surface area contributed by atoms with Gasteiger partial charge in [-0.2, -0.15) is 5.10 Å². The number of hydrogen-bond acceptors (Lipinski definition) is 4. The van der Waals surface area contributed by atoms with Crippen LogP contribution in [0.5, 0.6) is 0 Å². The van der Waals surface area contributed by atoms with E-state index in [2.05, 4.69) is 31.3 Å². The summed E-state index contributed by atoms with van der Waals surface area (Å²) in [4.78, 5) is 12.3. The number of nitrogens with one attached hydrogen (secondary N) is 1. The van der Waals surface area contributed by atoms with Gasteiger partial charge in [-0.05, 0) is 61.1 Å². The number of hydrazone groups is 1. The molecule has 0 atom stereocenters. The molecule has 0 aromatic heterocycles. The number of hydrogen-bond donors (Lipinski definition) is 1. The molecular formula is C21H33N3O3S. The van der Waals surface area contributed by atoms with Gasteiger partial charge in [-0.15, -0.1) is 0 Å². The summed E-state index contributed by atoms with van der Waals surface area (Å²) in [6.07, 6.45) is 5.85. The van der Waals surface area contributed by atoms with E-state index in [9.17, 15) is 13.2 Å². The molecule has 2 rings (SSSR count). The van der Waals surface area contributed by atoms with Crippen LogP contribution in [-0.2, 0) is 21.2 Å².